The summed E-state index contributed by atoms with van der Waals surface area (Å²) >= 11 is 0. The lowest BCUT2D eigenvalue weighted by Crippen LogP contribution is -2.48. The molecule has 7 heteroatoms. The molecular weight excluding hydrogens is 639 g/mol. The Balaban J connectivity index is 1.15. The highest BCUT2D eigenvalue weighted by atomic mass is 15.3. The van der Waals surface area contributed by atoms with Crippen molar-refractivity contribution in [1.82, 2.24) is 24.1 Å². The molecule has 3 heterocycles. The Morgan fingerprint density at radius 1 is 0.519 bits per heavy atom. The van der Waals surface area contributed by atoms with Crippen LogP contribution in [0, 0.1) is 40.4 Å². The fourth-order valence-electron chi connectivity index (χ4n) is 10.6. The summed E-state index contributed by atoms with van der Waals surface area (Å²) in [6.07, 6.45) is 8.24. The summed E-state index contributed by atoms with van der Waals surface area (Å²) in [5, 5.41) is 23.6. The van der Waals surface area contributed by atoms with E-state index in [1.54, 1.807) is 0 Å². The van der Waals surface area contributed by atoms with Crippen molar-refractivity contribution in [2.75, 3.05) is 0 Å². The van der Waals surface area contributed by atoms with E-state index in [1.807, 2.05) is 41.0 Å². The molecule has 12 rings (SSSR count). The minimum Gasteiger partial charge on any atom is -0.278 e. The molecule has 4 fully saturated rings. The molecule has 8 aromatic rings. The fourth-order valence-corrected chi connectivity index (χ4v) is 10.6. The van der Waals surface area contributed by atoms with E-state index in [9.17, 15) is 10.5 Å². The van der Waals surface area contributed by atoms with Crippen molar-refractivity contribution in [3.8, 4) is 35.4 Å². The summed E-state index contributed by atoms with van der Waals surface area (Å²) in [4.78, 5) is 15.7. The first-order valence-corrected chi connectivity index (χ1v) is 18.3. The van der Waals surface area contributed by atoms with Gasteiger partial charge in [-0.2, -0.15) is 25.5 Å². The second-order valence-electron chi connectivity index (χ2n) is 15.4. The van der Waals surface area contributed by atoms with E-state index in [1.165, 1.54) is 44.1 Å². The highest BCUT2D eigenvalue weighted by molar-refractivity contribution is 6.10. The third-order valence-corrected chi connectivity index (χ3v) is 12.4. The molecule has 52 heavy (non-hydrogen) atoms. The Morgan fingerprint density at radius 3 is 1.46 bits per heavy atom. The topological polar surface area (TPSA) is 96.1 Å². The van der Waals surface area contributed by atoms with Crippen LogP contribution in [0.15, 0.2) is 109 Å². The molecule has 248 valence electrons. The van der Waals surface area contributed by atoms with Crippen LogP contribution in [-0.4, -0.2) is 24.1 Å². The molecule has 4 saturated carbocycles. The standard InChI is InChI=1S/C45H33N7/c46-25-27-9-15-40-36(20-27)37-21-28(26-47)10-16-41(37)52(40)44-49-42(32-11-13-33(14-12-32)45-22-29-17-30(23-45)19-31(18-29)24-45)48-43(50-44)51-38-7-3-1-5-34(38)35-6-2-4-8-39(35)51/h1-16,20-21,29-31H,17-19,22-24H2. The van der Waals surface area contributed by atoms with Crippen molar-refractivity contribution in [1.29, 1.82) is 10.5 Å². The minimum absolute atomic E-state index is 0.305. The average molecular weight is 672 g/mol. The van der Waals surface area contributed by atoms with Crippen LogP contribution >= 0.6 is 0 Å². The number of benzene rings is 5. The van der Waals surface area contributed by atoms with Crippen LogP contribution in [0.2, 0.25) is 0 Å². The number of nitriles is 2. The van der Waals surface area contributed by atoms with Gasteiger partial charge in [-0.25, -0.2) is 0 Å². The van der Waals surface area contributed by atoms with E-state index in [4.69, 9.17) is 15.0 Å². The van der Waals surface area contributed by atoms with E-state index in [0.717, 1.165) is 66.9 Å². The number of fused-ring (bicyclic) bond motifs is 6. The smallest absolute Gasteiger partial charge is 0.240 e. The molecule has 0 amide bonds. The van der Waals surface area contributed by atoms with Gasteiger partial charge in [-0.15, -0.1) is 0 Å². The molecule has 3 aromatic heterocycles. The molecule has 4 aliphatic carbocycles. The van der Waals surface area contributed by atoms with Gasteiger partial charge < -0.3 is 0 Å². The predicted octanol–water partition coefficient (Wildman–Crippen LogP) is 9.94. The number of para-hydroxylation sites is 2. The van der Waals surface area contributed by atoms with Gasteiger partial charge in [-0.05, 0) is 116 Å². The van der Waals surface area contributed by atoms with Gasteiger partial charge in [0.05, 0.1) is 45.3 Å². The number of hydrogen-bond donors (Lipinski definition) is 0. The SMILES string of the molecule is N#Cc1ccc2c(c1)c1cc(C#N)ccc1n2-c1nc(-c2ccc(C34CC5CC(CC(C5)C3)C4)cc2)nc(-n2c3ccccc3c3ccccc32)n1. The molecule has 0 spiro atoms. The number of rotatable bonds is 4. The summed E-state index contributed by atoms with van der Waals surface area (Å²) in [6, 6.07) is 41.8. The van der Waals surface area contributed by atoms with Crippen molar-refractivity contribution in [2.45, 2.75) is 43.9 Å². The summed E-state index contributed by atoms with van der Waals surface area (Å²) in [6.45, 7) is 0. The Labute approximate surface area is 300 Å². The van der Waals surface area contributed by atoms with Crippen molar-refractivity contribution < 1.29 is 0 Å². The Kier molecular flexibility index (Phi) is 6.14. The lowest BCUT2D eigenvalue weighted by Gasteiger charge is -2.57. The van der Waals surface area contributed by atoms with Gasteiger partial charge in [-0.3, -0.25) is 9.13 Å². The molecule has 0 aliphatic heterocycles. The van der Waals surface area contributed by atoms with Crippen molar-refractivity contribution in [2.24, 2.45) is 17.8 Å². The molecule has 0 unspecified atom stereocenters. The Morgan fingerprint density at radius 2 is 0.981 bits per heavy atom. The van der Waals surface area contributed by atoms with Gasteiger partial charge in [0.1, 0.15) is 0 Å². The maximum absolute atomic E-state index is 9.79. The zero-order valence-electron chi connectivity index (χ0n) is 28.5. The van der Waals surface area contributed by atoms with Gasteiger partial charge in [0.15, 0.2) is 5.82 Å². The third-order valence-electron chi connectivity index (χ3n) is 12.4. The largest absolute Gasteiger partial charge is 0.278 e. The highest BCUT2D eigenvalue weighted by Gasteiger charge is 2.51. The minimum atomic E-state index is 0.305. The summed E-state index contributed by atoms with van der Waals surface area (Å²) < 4.78 is 4.18. The van der Waals surface area contributed by atoms with Crippen LogP contribution in [0.5, 0.6) is 0 Å². The zero-order chi connectivity index (χ0) is 34.6. The monoisotopic (exact) mass is 671 g/mol. The second kappa shape index (κ2) is 10.8. The van der Waals surface area contributed by atoms with E-state index in [2.05, 4.69) is 89.5 Å². The number of hydrogen-bond acceptors (Lipinski definition) is 5. The van der Waals surface area contributed by atoms with E-state index >= 15 is 0 Å². The maximum atomic E-state index is 9.79. The van der Waals surface area contributed by atoms with E-state index in [-0.39, 0.29) is 0 Å². The maximum Gasteiger partial charge on any atom is 0.240 e. The molecule has 4 aliphatic rings. The molecule has 0 saturated heterocycles. The number of aromatic nitrogens is 5. The van der Waals surface area contributed by atoms with Crippen molar-refractivity contribution in [3.63, 3.8) is 0 Å². The molecule has 0 atom stereocenters. The first-order valence-electron chi connectivity index (χ1n) is 18.3. The molecule has 5 aromatic carbocycles. The second-order valence-corrected chi connectivity index (χ2v) is 15.4. The molecule has 4 bridgehead atoms. The van der Waals surface area contributed by atoms with Crippen LogP contribution in [0.1, 0.15) is 55.2 Å². The quantitative estimate of drug-likeness (QED) is 0.186. The first-order chi connectivity index (χ1) is 25.6. The third kappa shape index (κ3) is 4.26. The molecule has 0 N–H and O–H groups in total. The van der Waals surface area contributed by atoms with Gasteiger partial charge in [-0.1, -0.05) is 60.7 Å². The molecular formula is C45H33N7. The normalized spacial score (nSPS) is 22.0. The predicted molar refractivity (Wildman–Crippen MR) is 203 cm³/mol. The lowest BCUT2D eigenvalue weighted by molar-refractivity contribution is -0.00518. The number of nitrogens with zero attached hydrogens (tertiary/aromatic N) is 7. The summed E-state index contributed by atoms with van der Waals surface area (Å²) in [7, 11) is 0. The fraction of sp³-hybridized carbons (Fsp3) is 0.222. The van der Waals surface area contributed by atoms with Gasteiger partial charge in [0.25, 0.3) is 0 Å². The van der Waals surface area contributed by atoms with Crippen LogP contribution < -0.4 is 0 Å². The van der Waals surface area contributed by atoms with Crippen LogP contribution in [-0.2, 0) is 5.41 Å². The van der Waals surface area contributed by atoms with Crippen LogP contribution in [0.25, 0.3) is 66.9 Å². The summed E-state index contributed by atoms with van der Waals surface area (Å²) in [5.41, 5.74) is 7.56. The zero-order valence-corrected chi connectivity index (χ0v) is 28.5. The first kappa shape index (κ1) is 29.4. The van der Waals surface area contributed by atoms with Gasteiger partial charge >= 0.3 is 0 Å². The van der Waals surface area contributed by atoms with Crippen molar-refractivity contribution in [3.05, 3.63) is 126 Å². The molecule has 7 nitrogen and oxygen atoms in total. The average Bonchev–Trinajstić information content (AvgIpc) is 3.69. The Bertz CT molecular complexity index is 2700. The lowest BCUT2D eigenvalue weighted by atomic mass is 9.48. The van der Waals surface area contributed by atoms with Gasteiger partial charge in [0.2, 0.25) is 11.9 Å². The van der Waals surface area contributed by atoms with Gasteiger partial charge in [0, 0.05) is 27.1 Å². The van der Waals surface area contributed by atoms with Crippen LogP contribution in [0.4, 0.5) is 0 Å². The Hall–Kier alpha value is -6.31. The van der Waals surface area contributed by atoms with Crippen molar-refractivity contribution >= 4 is 43.6 Å². The van der Waals surface area contributed by atoms with E-state index < -0.39 is 0 Å². The highest BCUT2D eigenvalue weighted by Crippen LogP contribution is 2.60. The summed E-state index contributed by atoms with van der Waals surface area (Å²) in [5.74, 6) is 4.24. The van der Waals surface area contributed by atoms with E-state index in [0.29, 0.717) is 34.3 Å². The molecule has 0 radical (unpaired) electrons. The van der Waals surface area contributed by atoms with Crippen LogP contribution in [0.3, 0.4) is 0 Å².